The SMILES string of the molecule is Cc1cc(Br)oc1C(=O)NCc1nncn1-c1ccccc1. The Kier molecular flexibility index (Phi) is 4.06. The molecule has 0 unspecified atom stereocenters. The molecule has 0 radical (unpaired) electrons. The van der Waals surface area contributed by atoms with Gasteiger partial charge in [0.2, 0.25) is 0 Å². The molecule has 1 N–H and O–H groups in total. The number of furan rings is 1. The lowest BCUT2D eigenvalue weighted by Crippen LogP contribution is -2.24. The van der Waals surface area contributed by atoms with Gasteiger partial charge >= 0.3 is 0 Å². The number of nitrogens with zero attached hydrogens (tertiary/aromatic N) is 3. The van der Waals surface area contributed by atoms with Crippen molar-refractivity contribution in [3.05, 3.63) is 64.5 Å². The minimum atomic E-state index is -0.286. The van der Waals surface area contributed by atoms with E-state index in [1.165, 1.54) is 0 Å². The first-order valence-electron chi connectivity index (χ1n) is 6.63. The first kappa shape index (κ1) is 14.5. The molecule has 0 spiro atoms. The number of nitrogens with one attached hydrogen (secondary N) is 1. The second kappa shape index (κ2) is 6.15. The lowest BCUT2D eigenvalue weighted by molar-refractivity contribution is 0.0919. The molecule has 7 heteroatoms. The van der Waals surface area contributed by atoms with Gasteiger partial charge < -0.3 is 9.73 Å². The molecule has 2 heterocycles. The van der Waals surface area contributed by atoms with Crippen LogP contribution in [0.2, 0.25) is 0 Å². The molecule has 1 amide bonds. The highest BCUT2D eigenvalue weighted by atomic mass is 79.9. The molecule has 3 rings (SSSR count). The maximum Gasteiger partial charge on any atom is 0.287 e. The van der Waals surface area contributed by atoms with Gasteiger partial charge in [0.1, 0.15) is 6.33 Å². The monoisotopic (exact) mass is 360 g/mol. The molecule has 0 aliphatic carbocycles. The Morgan fingerprint density at radius 2 is 2.14 bits per heavy atom. The molecule has 0 atom stereocenters. The molecule has 0 aliphatic heterocycles. The molecule has 2 aromatic heterocycles. The van der Waals surface area contributed by atoms with Crippen LogP contribution in [0.5, 0.6) is 0 Å². The smallest absolute Gasteiger partial charge is 0.287 e. The molecule has 0 aliphatic rings. The Balaban J connectivity index is 1.74. The third-order valence-electron chi connectivity index (χ3n) is 3.15. The summed E-state index contributed by atoms with van der Waals surface area (Å²) < 4.78 is 7.68. The van der Waals surface area contributed by atoms with Crippen LogP contribution < -0.4 is 5.32 Å². The van der Waals surface area contributed by atoms with Crippen LogP contribution in [-0.2, 0) is 6.54 Å². The Morgan fingerprint density at radius 1 is 1.36 bits per heavy atom. The van der Waals surface area contributed by atoms with Gasteiger partial charge in [0.25, 0.3) is 5.91 Å². The first-order chi connectivity index (χ1) is 10.6. The molecular weight excluding hydrogens is 348 g/mol. The molecule has 6 nitrogen and oxygen atoms in total. The number of benzene rings is 1. The van der Waals surface area contributed by atoms with E-state index < -0.39 is 0 Å². The van der Waals surface area contributed by atoms with E-state index in [0.717, 1.165) is 11.3 Å². The number of aromatic nitrogens is 3. The quantitative estimate of drug-likeness (QED) is 0.776. The zero-order valence-electron chi connectivity index (χ0n) is 11.8. The fourth-order valence-corrected chi connectivity index (χ4v) is 2.60. The van der Waals surface area contributed by atoms with E-state index >= 15 is 0 Å². The van der Waals surface area contributed by atoms with Crippen molar-refractivity contribution in [2.75, 3.05) is 0 Å². The van der Waals surface area contributed by atoms with Crippen LogP contribution in [0, 0.1) is 6.92 Å². The molecular formula is C15H13BrN4O2. The number of halogens is 1. The second-order valence-electron chi connectivity index (χ2n) is 4.70. The highest BCUT2D eigenvalue weighted by molar-refractivity contribution is 9.10. The Labute approximate surface area is 135 Å². The molecule has 112 valence electrons. The van der Waals surface area contributed by atoms with Crippen molar-refractivity contribution < 1.29 is 9.21 Å². The minimum Gasteiger partial charge on any atom is -0.444 e. The van der Waals surface area contributed by atoms with Gasteiger partial charge in [-0.2, -0.15) is 0 Å². The van der Waals surface area contributed by atoms with Crippen molar-refractivity contribution in [3.63, 3.8) is 0 Å². The van der Waals surface area contributed by atoms with Gasteiger partial charge in [-0.15, -0.1) is 10.2 Å². The number of hydrogen-bond acceptors (Lipinski definition) is 4. The van der Waals surface area contributed by atoms with Crippen molar-refractivity contribution in [1.29, 1.82) is 0 Å². The van der Waals surface area contributed by atoms with Crippen molar-refractivity contribution in [2.45, 2.75) is 13.5 Å². The van der Waals surface area contributed by atoms with Gasteiger partial charge in [-0.05, 0) is 41.1 Å². The largest absolute Gasteiger partial charge is 0.444 e. The van der Waals surface area contributed by atoms with Crippen molar-refractivity contribution in [2.24, 2.45) is 0 Å². The number of carbonyl (C=O) groups excluding carboxylic acids is 1. The molecule has 1 aromatic carbocycles. The van der Waals surface area contributed by atoms with Gasteiger partial charge in [-0.3, -0.25) is 9.36 Å². The average molecular weight is 361 g/mol. The van der Waals surface area contributed by atoms with Crippen LogP contribution in [-0.4, -0.2) is 20.7 Å². The Hall–Kier alpha value is -2.41. The second-order valence-corrected chi connectivity index (χ2v) is 5.48. The van der Waals surface area contributed by atoms with Crippen LogP contribution in [0.4, 0.5) is 0 Å². The van der Waals surface area contributed by atoms with E-state index in [0.29, 0.717) is 10.5 Å². The molecule has 0 bridgehead atoms. The van der Waals surface area contributed by atoms with Gasteiger partial charge in [0.05, 0.1) is 6.54 Å². The number of rotatable bonds is 4. The van der Waals surface area contributed by atoms with Crippen LogP contribution in [0.25, 0.3) is 5.69 Å². The standard InChI is InChI=1S/C15H13BrN4O2/c1-10-7-12(16)22-14(10)15(21)17-8-13-19-18-9-20(13)11-5-3-2-4-6-11/h2-7,9H,8H2,1H3,(H,17,21). The zero-order valence-corrected chi connectivity index (χ0v) is 13.4. The molecule has 0 saturated heterocycles. The summed E-state index contributed by atoms with van der Waals surface area (Å²) in [5.74, 6) is 0.645. The van der Waals surface area contributed by atoms with Crippen molar-refractivity contribution in [3.8, 4) is 5.69 Å². The summed E-state index contributed by atoms with van der Waals surface area (Å²) in [6, 6.07) is 11.4. The van der Waals surface area contributed by atoms with Crippen LogP contribution in [0.15, 0.2) is 51.8 Å². The van der Waals surface area contributed by atoms with Crippen LogP contribution in [0.3, 0.4) is 0 Å². The maximum absolute atomic E-state index is 12.1. The maximum atomic E-state index is 12.1. The van der Waals surface area contributed by atoms with Gasteiger partial charge in [0, 0.05) is 11.3 Å². The summed E-state index contributed by atoms with van der Waals surface area (Å²) in [6.07, 6.45) is 1.62. The normalized spacial score (nSPS) is 10.6. The van der Waals surface area contributed by atoms with Crippen molar-refractivity contribution in [1.82, 2.24) is 20.1 Å². The zero-order chi connectivity index (χ0) is 15.5. The van der Waals surface area contributed by atoms with Gasteiger partial charge in [-0.25, -0.2) is 0 Å². The van der Waals surface area contributed by atoms with E-state index in [2.05, 4.69) is 31.4 Å². The molecule has 22 heavy (non-hydrogen) atoms. The van der Waals surface area contributed by atoms with E-state index in [4.69, 9.17) is 4.42 Å². The van der Waals surface area contributed by atoms with E-state index in [9.17, 15) is 4.79 Å². The Morgan fingerprint density at radius 3 is 2.82 bits per heavy atom. The number of aryl methyl sites for hydroxylation is 1. The van der Waals surface area contributed by atoms with E-state index in [1.807, 2.05) is 41.8 Å². The summed E-state index contributed by atoms with van der Waals surface area (Å²) in [5, 5.41) is 10.7. The van der Waals surface area contributed by atoms with Gasteiger partial charge in [0.15, 0.2) is 16.3 Å². The minimum absolute atomic E-state index is 0.255. The predicted molar refractivity (Wildman–Crippen MR) is 83.7 cm³/mol. The highest BCUT2D eigenvalue weighted by Gasteiger charge is 2.16. The molecule has 0 fully saturated rings. The fraction of sp³-hybridized carbons (Fsp3) is 0.133. The summed E-state index contributed by atoms with van der Waals surface area (Å²) in [4.78, 5) is 12.1. The third-order valence-corrected chi connectivity index (χ3v) is 3.54. The number of amides is 1. The summed E-state index contributed by atoms with van der Waals surface area (Å²) >= 11 is 3.21. The summed E-state index contributed by atoms with van der Waals surface area (Å²) in [5.41, 5.74) is 1.71. The average Bonchev–Trinajstić information content (AvgIpc) is 3.12. The first-order valence-corrected chi connectivity index (χ1v) is 7.43. The van der Waals surface area contributed by atoms with E-state index in [1.54, 1.807) is 12.4 Å². The number of para-hydroxylation sites is 1. The summed E-state index contributed by atoms with van der Waals surface area (Å²) in [6.45, 7) is 2.07. The lowest BCUT2D eigenvalue weighted by Gasteiger charge is -2.07. The van der Waals surface area contributed by atoms with Crippen LogP contribution in [0.1, 0.15) is 21.9 Å². The fourth-order valence-electron chi connectivity index (χ4n) is 2.09. The summed E-state index contributed by atoms with van der Waals surface area (Å²) in [7, 11) is 0. The van der Waals surface area contributed by atoms with Crippen molar-refractivity contribution >= 4 is 21.8 Å². The van der Waals surface area contributed by atoms with E-state index in [-0.39, 0.29) is 18.2 Å². The molecule has 3 aromatic rings. The van der Waals surface area contributed by atoms with Crippen LogP contribution >= 0.6 is 15.9 Å². The lowest BCUT2D eigenvalue weighted by atomic mass is 10.2. The third kappa shape index (κ3) is 2.94. The van der Waals surface area contributed by atoms with Gasteiger partial charge in [-0.1, -0.05) is 18.2 Å². The number of carbonyl (C=O) groups is 1. The predicted octanol–water partition coefficient (Wildman–Crippen LogP) is 2.86. The Bertz CT molecular complexity index is 795. The highest BCUT2D eigenvalue weighted by Crippen LogP contribution is 2.19. The number of hydrogen-bond donors (Lipinski definition) is 1. The topological polar surface area (TPSA) is 73.0 Å². The molecule has 0 saturated carbocycles.